The number of hydrogen-bond acceptors (Lipinski definition) is 4. The van der Waals surface area contributed by atoms with E-state index in [0.717, 1.165) is 31.6 Å². The molecule has 3 unspecified atom stereocenters. The Hall–Kier alpha value is -1.59. The second-order valence-electron chi connectivity index (χ2n) is 5.70. The SMILES string of the molecule is CC(C(=O)Nc1cccc(N)c1)N1CC2CCC(C1)O2. The third kappa shape index (κ3) is 2.78. The fraction of sp³-hybridized carbons (Fsp3) is 0.533. The van der Waals surface area contributed by atoms with Crippen LogP contribution in [0.15, 0.2) is 24.3 Å². The van der Waals surface area contributed by atoms with Gasteiger partial charge in [-0.15, -0.1) is 0 Å². The van der Waals surface area contributed by atoms with Gasteiger partial charge in [-0.05, 0) is 38.0 Å². The number of carbonyl (C=O) groups excluding carboxylic acids is 1. The van der Waals surface area contributed by atoms with E-state index >= 15 is 0 Å². The molecule has 5 heteroatoms. The molecule has 3 N–H and O–H groups in total. The van der Waals surface area contributed by atoms with Crippen LogP contribution in [0.2, 0.25) is 0 Å². The zero-order valence-electron chi connectivity index (χ0n) is 11.7. The molecule has 2 heterocycles. The zero-order chi connectivity index (χ0) is 14.1. The number of hydrogen-bond donors (Lipinski definition) is 2. The van der Waals surface area contributed by atoms with Crippen molar-refractivity contribution in [3.63, 3.8) is 0 Å². The zero-order valence-corrected chi connectivity index (χ0v) is 11.7. The summed E-state index contributed by atoms with van der Waals surface area (Å²) in [5.41, 5.74) is 7.12. The van der Waals surface area contributed by atoms with E-state index in [2.05, 4.69) is 10.2 Å². The number of likely N-dealkylation sites (tertiary alicyclic amines) is 1. The smallest absolute Gasteiger partial charge is 0.241 e. The number of benzene rings is 1. The first-order valence-electron chi connectivity index (χ1n) is 7.18. The Morgan fingerprint density at radius 2 is 2.10 bits per heavy atom. The van der Waals surface area contributed by atoms with Gasteiger partial charge in [0.25, 0.3) is 0 Å². The Morgan fingerprint density at radius 1 is 1.40 bits per heavy atom. The van der Waals surface area contributed by atoms with Crippen LogP contribution in [-0.4, -0.2) is 42.1 Å². The summed E-state index contributed by atoms with van der Waals surface area (Å²) in [6.07, 6.45) is 2.84. The molecule has 1 aromatic carbocycles. The molecule has 20 heavy (non-hydrogen) atoms. The van der Waals surface area contributed by atoms with Gasteiger partial charge in [0, 0.05) is 24.5 Å². The summed E-state index contributed by atoms with van der Waals surface area (Å²) in [5, 5.41) is 2.93. The van der Waals surface area contributed by atoms with E-state index in [1.54, 1.807) is 12.1 Å². The molecule has 0 aliphatic carbocycles. The molecular weight excluding hydrogens is 254 g/mol. The average Bonchev–Trinajstić information content (AvgIpc) is 2.76. The maximum atomic E-state index is 12.3. The largest absolute Gasteiger partial charge is 0.399 e. The van der Waals surface area contributed by atoms with E-state index in [1.165, 1.54) is 0 Å². The van der Waals surface area contributed by atoms with E-state index in [9.17, 15) is 4.79 Å². The minimum absolute atomic E-state index is 0.0110. The second-order valence-corrected chi connectivity index (χ2v) is 5.70. The van der Waals surface area contributed by atoms with Gasteiger partial charge in [0.05, 0.1) is 18.2 Å². The number of nitrogens with zero attached hydrogens (tertiary/aromatic N) is 1. The van der Waals surface area contributed by atoms with Crippen molar-refractivity contribution in [2.45, 2.75) is 38.0 Å². The number of amides is 1. The van der Waals surface area contributed by atoms with Gasteiger partial charge >= 0.3 is 0 Å². The fourth-order valence-corrected chi connectivity index (χ4v) is 2.99. The van der Waals surface area contributed by atoms with Gasteiger partial charge in [0.1, 0.15) is 0 Å². The summed E-state index contributed by atoms with van der Waals surface area (Å²) in [5.74, 6) is 0.0110. The number of nitrogens with two attached hydrogens (primary N) is 1. The number of nitrogens with one attached hydrogen (secondary N) is 1. The molecule has 2 fully saturated rings. The monoisotopic (exact) mass is 275 g/mol. The highest BCUT2D eigenvalue weighted by Crippen LogP contribution is 2.27. The summed E-state index contributed by atoms with van der Waals surface area (Å²) < 4.78 is 5.80. The van der Waals surface area contributed by atoms with Crippen molar-refractivity contribution in [2.75, 3.05) is 24.1 Å². The van der Waals surface area contributed by atoms with Crippen LogP contribution in [-0.2, 0) is 9.53 Å². The molecule has 0 aromatic heterocycles. The van der Waals surface area contributed by atoms with Crippen LogP contribution in [0.5, 0.6) is 0 Å². The number of carbonyl (C=O) groups is 1. The van der Waals surface area contributed by atoms with Crippen molar-refractivity contribution in [1.82, 2.24) is 4.90 Å². The first-order valence-corrected chi connectivity index (χ1v) is 7.18. The van der Waals surface area contributed by atoms with Crippen LogP contribution in [0.25, 0.3) is 0 Å². The van der Waals surface area contributed by atoms with Crippen molar-refractivity contribution in [3.05, 3.63) is 24.3 Å². The normalized spacial score (nSPS) is 27.2. The van der Waals surface area contributed by atoms with Crippen molar-refractivity contribution in [2.24, 2.45) is 0 Å². The van der Waals surface area contributed by atoms with Crippen LogP contribution < -0.4 is 11.1 Å². The fourth-order valence-electron chi connectivity index (χ4n) is 2.99. The van der Waals surface area contributed by atoms with Crippen molar-refractivity contribution >= 4 is 17.3 Å². The Balaban J connectivity index is 1.62. The molecule has 2 aliphatic heterocycles. The highest BCUT2D eigenvalue weighted by Gasteiger charge is 2.37. The van der Waals surface area contributed by atoms with E-state index < -0.39 is 0 Å². The van der Waals surface area contributed by atoms with Gasteiger partial charge in [-0.25, -0.2) is 0 Å². The summed E-state index contributed by atoms with van der Waals surface area (Å²) in [4.78, 5) is 14.5. The second kappa shape index (κ2) is 5.42. The predicted molar refractivity (Wildman–Crippen MR) is 78.4 cm³/mol. The first-order chi connectivity index (χ1) is 9.61. The maximum absolute atomic E-state index is 12.3. The lowest BCUT2D eigenvalue weighted by Crippen LogP contribution is -2.51. The summed E-state index contributed by atoms with van der Waals surface area (Å²) >= 11 is 0. The van der Waals surface area contributed by atoms with Crippen molar-refractivity contribution in [3.8, 4) is 0 Å². The van der Waals surface area contributed by atoms with Gasteiger partial charge in [-0.3, -0.25) is 9.69 Å². The number of anilines is 2. The topological polar surface area (TPSA) is 67.6 Å². The molecule has 0 spiro atoms. The number of nitrogen functional groups attached to an aromatic ring is 1. The van der Waals surface area contributed by atoms with Gasteiger partial charge in [0.15, 0.2) is 0 Å². The molecule has 1 amide bonds. The lowest BCUT2D eigenvalue weighted by Gasteiger charge is -2.35. The molecule has 0 radical (unpaired) electrons. The molecule has 3 rings (SSSR count). The third-order valence-corrected chi connectivity index (χ3v) is 4.15. The first kappa shape index (κ1) is 13.4. The maximum Gasteiger partial charge on any atom is 0.241 e. The summed E-state index contributed by atoms with van der Waals surface area (Å²) in [6.45, 7) is 3.65. The highest BCUT2D eigenvalue weighted by atomic mass is 16.5. The molecule has 5 nitrogen and oxygen atoms in total. The summed E-state index contributed by atoms with van der Waals surface area (Å²) in [6, 6.07) is 7.12. The average molecular weight is 275 g/mol. The Kier molecular flexibility index (Phi) is 3.63. The van der Waals surface area contributed by atoms with Crippen LogP contribution in [0.1, 0.15) is 19.8 Å². The molecule has 2 saturated heterocycles. The van der Waals surface area contributed by atoms with Crippen LogP contribution in [0.3, 0.4) is 0 Å². The predicted octanol–water partition coefficient (Wildman–Crippen LogP) is 1.46. The van der Waals surface area contributed by atoms with Gasteiger partial charge in [-0.1, -0.05) is 6.07 Å². The quantitative estimate of drug-likeness (QED) is 0.820. The number of rotatable bonds is 3. The van der Waals surface area contributed by atoms with Crippen LogP contribution in [0, 0.1) is 0 Å². The minimum atomic E-state index is -0.150. The molecule has 2 aliphatic rings. The van der Waals surface area contributed by atoms with Gasteiger partial charge in [-0.2, -0.15) is 0 Å². The van der Waals surface area contributed by atoms with Crippen molar-refractivity contribution in [1.29, 1.82) is 0 Å². The van der Waals surface area contributed by atoms with Gasteiger partial charge in [0.2, 0.25) is 5.91 Å². The van der Waals surface area contributed by atoms with E-state index in [1.807, 2.05) is 19.1 Å². The molecule has 3 atom stereocenters. The Morgan fingerprint density at radius 3 is 2.75 bits per heavy atom. The minimum Gasteiger partial charge on any atom is -0.399 e. The number of ether oxygens (including phenoxy) is 1. The lowest BCUT2D eigenvalue weighted by molar-refractivity contribution is -0.124. The molecule has 108 valence electrons. The molecular formula is C15H21N3O2. The van der Waals surface area contributed by atoms with E-state index in [-0.39, 0.29) is 11.9 Å². The van der Waals surface area contributed by atoms with Gasteiger partial charge < -0.3 is 15.8 Å². The Labute approximate surface area is 119 Å². The highest BCUT2D eigenvalue weighted by molar-refractivity contribution is 5.94. The lowest BCUT2D eigenvalue weighted by atomic mass is 10.2. The number of morpholine rings is 1. The number of fused-ring (bicyclic) bond motifs is 2. The standard InChI is InChI=1S/C15H21N3O2/c1-10(18-8-13-5-6-14(9-18)20-13)15(19)17-12-4-2-3-11(16)7-12/h2-4,7,10,13-14H,5-6,8-9,16H2,1H3,(H,17,19). The van der Waals surface area contributed by atoms with E-state index in [4.69, 9.17) is 10.5 Å². The van der Waals surface area contributed by atoms with Crippen LogP contribution in [0.4, 0.5) is 11.4 Å². The Bertz CT molecular complexity index is 494. The van der Waals surface area contributed by atoms with E-state index in [0.29, 0.717) is 17.9 Å². The van der Waals surface area contributed by atoms with Crippen molar-refractivity contribution < 1.29 is 9.53 Å². The molecule has 0 saturated carbocycles. The molecule has 2 bridgehead atoms. The third-order valence-electron chi connectivity index (χ3n) is 4.15. The summed E-state index contributed by atoms with van der Waals surface area (Å²) in [7, 11) is 0. The van der Waals surface area contributed by atoms with Crippen LogP contribution >= 0.6 is 0 Å². The molecule has 1 aromatic rings.